The van der Waals surface area contributed by atoms with Gasteiger partial charge in [-0.05, 0) is 24.6 Å². The van der Waals surface area contributed by atoms with E-state index in [2.05, 4.69) is 23.3 Å². The minimum absolute atomic E-state index is 0.0946. The third-order valence-electron chi connectivity index (χ3n) is 2.26. The molecule has 0 aliphatic heterocycles. The van der Waals surface area contributed by atoms with Gasteiger partial charge in [-0.3, -0.25) is 9.59 Å². The summed E-state index contributed by atoms with van der Waals surface area (Å²) < 4.78 is 13.4. The molecule has 0 saturated carbocycles. The third-order valence-corrected chi connectivity index (χ3v) is 2.62. The Bertz CT molecular complexity index is 465. The lowest BCUT2D eigenvalue weighted by atomic mass is 10.2. The van der Waals surface area contributed by atoms with E-state index in [0.29, 0.717) is 0 Å². The highest BCUT2D eigenvalue weighted by molar-refractivity contribution is 7.80. The standard InChI is InChI=1S/C12H15FN2O2S/c1-7-3-4-9(13)10(5-7)15-12(17)11(6-18)14-8(2)16/h3-5,11,18H,6H2,1-2H3,(H,14,16)(H,15,17). The molecule has 1 unspecified atom stereocenters. The Balaban J connectivity index is 2.79. The quantitative estimate of drug-likeness (QED) is 0.726. The lowest BCUT2D eigenvalue weighted by Gasteiger charge is -2.15. The van der Waals surface area contributed by atoms with Gasteiger partial charge in [0, 0.05) is 12.7 Å². The van der Waals surface area contributed by atoms with Crippen LogP contribution < -0.4 is 10.6 Å². The Hall–Kier alpha value is -1.56. The molecule has 0 saturated heterocycles. The first kappa shape index (κ1) is 14.5. The average Bonchev–Trinajstić information content (AvgIpc) is 2.30. The van der Waals surface area contributed by atoms with E-state index in [1.807, 2.05) is 0 Å². The highest BCUT2D eigenvalue weighted by atomic mass is 32.1. The van der Waals surface area contributed by atoms with E-state index in [0.717, 1.165) is 5.56 Å². The van der Waals surface area contributed by atoms with Gasteiger partial charge in [0.2, 0.25) is 11.8 Å². The van der Waals surface area contributed by atoms with Crippen LogP contribution in [0, 0.1) is 12.7 Å². The number of amides is 2. The molecule has 0 fully saturated rings. The monoisotopic (exact) mass is 270 g/mol. The van der Waals surface area contributed by atoms with Crippen LogP contribution in [0.4, 0.5) is 10.1 Å². The molecule has 1 atom stereocenters. The summed E-state index contributed by atoms with van der Waals surface area (Å²) in [7, 11) is 0. The summed E-state index contributed by atoms with van der Waals surface area (Å²) in [5.41, 5.74) is 0.922. The zero-order valence-corrected chi connectivity index (χ0v) is 11.1. The molecule has 0 spiro atoms. The number of thiol groups is 1. The van der Waals surface area contributed by atoms with Gasteiger partial charge in [-0.15, -0.1) is 0 Å². The van der Waals surface area contributed by atoms with Crippen LogP contribution in [-0.2, 0) is 9.59 Å². The van der Waals surface area contributed by atoms with Crippen molar-refractivity contribution < 1.29 is 14.0 Å². The van der Waals surface area contributed by atoms with Gasteiger partial charge in [0.25, 0.3) is 0 Å². The molecule has 0 bridgehead atoms. The second-order valence-electron chi connectivity index (χ2n) is 3.91. The Kier molecular flexibility index (Phi) is 5.15. The van der Waals surface area contributed by atoms with Crippen molar-refractivity contribution in [2.45, 2.75) is 19.9 Å². The minimum Gasteiger partial charge on any atom is -0.344 e. The summed E-state index contributed by atoms with van der Waals surface area (Å²) in [5, 5.41) is 4.86. The topological polar surface area (TPSA) is 58.2 Å². The van der Waals surface area contributed by atoms with Gasteiger partial charge < -0.3 is 10.6 Å². The number of hydrogen-bond donors (Lipinski definition) is 3. The number of rotatable bonds is 4. The van der Waals surface area contributed by atoms with Crippen LogP contribution in [0.2, 0.25) is 0 Å². The molecule has 2 amide bonds. The van der Waals surface area contributed by atoms with E-state index in [9.17, 15) is 14.0 Å². The molecule has 1 aromatic carbocycles. The predicted molar refractivity (Wildman–Crippen MR) is 71.2 cm³/mol. The SMILES string of the molecule is CC(=O)NC(CS)C(=O)Nc1cc(C)ccc1F. The third kappa shape index (κ3) is 4.03. The number of benzene rings is 1. The molecule has 0 aromatic heterocycles. The highest BCUT2D eigenvalue weighted by Crippen LogP contribution is 2.15. The lowest BCUT2D eigenvalue weighted by molar-refractivity contribution is -0.124. The van der Waals surface area contributed by atoms with Crippen molar-refractivity contribution in [3.63, 3.8) is 0 Å². The van der Waals surface area contributed by atoms with Crippen LogP contribution >= 0.6 is 12.6 Å². The van der Waals surface area contributed by atoms with Crippen molar-refractivity contribution in [3.05, 3.63) is 29.6 Å². The largest absolute Gasteiger partial charge is 0.344 e. The van der Waals surface area contributed by atoms with Crippen LogP contribution in [0.25, 0.3) is 0 Å². The van der Waals surface area contributed by atoms with E-state index < -0.39 is 17.8 Å². The van der Waals surface area contributed by atoms with E-state index in [1.54, 1.807) is 13.0 Å². The van der Waals surface area contributed by atoms with Crippen LogP contribution in [0.15, 0.2) is 18.2 Å². The fourth-order valence-electron chi connectivity index (χ4n) is 1.39. The number of anilines is 1. The first-order chi connectivity index (χ1) is 8.43. The summed E-state index contributed by atoms with van der Waals surface area (Å²) in [4.78, 5) is 22.7. The maximum atomic E-state index is 13.4. The summed E-state index contributed by atoms with van der Waals surface area (Å²) in [5.74, 6) is -1.22. The molecule has 2 N–H and O–H groups in total. The van der Waals surface area contributed by atoms with Crippen molar-refractivity contribution in [3.8, 4) is 0 Å². The Morgan fingerprint density at radius 2 is 2.11 bits per heavy atom. The molecule has 6 heteroatoms. The van der Waals surface area contributed by atoms with Crippen LogP contribution in [0.1, 0.15) is 12.5 Å². The molecule has 0 radical (unpaired) electrons. The Labute approximate surface area is 110 Å². The number of carbonyl (C=O) groups excluding carboxylic acids is 2. The van der Waals surface area contributed by atoms with Gasteiger partial charge in [-0.1, -0.05) is 6.07 Å². The van der Waals surface area contributed by atoms with E-state index in [1.165, 1.54) is 19.1 Å². The molecule has 1 rings (SSSR count). The second kappa shape index (κ2) is 6.39. The van der Waals surface area contributed by atoms with Gasteiger partial charge in [0.1, 0.15) is 11.9 Å². The van der Waals surface area contributed by atoms with Gasteiger partial charge in [-0.25, -0.2) is 4.39 Å². The number of aryl methyl sites for hydroxylation is 1. The first-order valence-corrected chi connectivity index (χ1v) is 6.02. The molecule has 0 aliphatic rings. The summed E-state index contributed by atoms with van der Waals surface area (Å²) in [6, 6.07) is 3.62. The molecule has 98 valence electrons. The van der Waals surface area contributed by atoms with Crippen LogP contribution in [-0.4, -0.2) is 23.6 Å². The molecule has 0 aliphatic carbocycles. The van der Waals surface area contributed by atoms with Crippen molar-refractivity contribution >= 4 is 30.1 Å². The van der Waals surface area contributed by atoms with Crippen molar-refractivity contribution in [2.75, 3.05) is 11.1 Å². The van der Waals surface area contributed by atoms with E-state index in [4.69, 9.17) is 0 Å². The van der Waals surface area contributed by atoms with Gasteiger partial charge >= 0.3 is 0 Å². The van der Waals surface area contributed by atoms with Gasteiger partial charge in [-0.2, -0.15) is 12.6 Å². The minimum atomic E-state index is -0.786. The number of halogens is 1. The smallest absolute Gasteiger partial charge is 0.247 e. The Morgan fingerprint density at radius 1 is 1.44 bits per heavy atom. The van der Waals surface area contributed by atoms with Crippen LogP contribution in [0.3, 0.4) is 0 Å². The number of carbonyl (C=O) groups is 2. The van der Waals surface area contributed by atoms with Gasteiger partial charge in [0.15, 0.2) is 0 Å². The maximum absolute atomic E-state index is 13.4. The van der Waals surface area contributed by atoms with Gasteiger partial charge in [0.05, 0.1) is 5.69 Å². The zero-order chi connectivity index (χ0) is 13.7. The lowest BCUT2D eigenvalue weighted by Crippen LogP contribution is -2.44. The molecular formula is C12H15FN2O2S. The number of hydrogen-bond acceptors (Lipinski definition) is 3. The average molecular weight is 270 g/mol. The molecule has 0 heterocycles. The maximum Gasteiger partial charge on any atom is 0.247 e. The molecule has 1 aromatic rings. The Morgan fingerprint density at radius 3 is 2.67 bits per heavy atom. The fourth-order valence-corrected chi connectivity index (χ4v) is 1.65. The molecule has 18 heavy (non-hydrogen) atoms. The van der Waals surface area contributed by atoms with E-state index >= 15 is 0 Å². The number of nitrogens with one attached hydrogen (secondary N) is 2. The molecular weight excluding hydrogens is 255 g/mol. The first-order valence-electron chi connectivity index (χ1n) is 5.39. The fraction of sp³-hybridized carbons (Fsp3) is 0.333. The zero-order valence-electron chi connectivity index (χ0n) is 10.2. The summed E-state index contributed by atoms with van der Waals surface area (Å²) in [6.45, 7) is 3.09. The second-order valence-corrected chi connectivity index (χ2v) is 4.27. The van der Waals surface area contributed by atoms with Crippen molar-refractivity contribution in [2.24, 2.45) is 0 Å². The highest BCUT2D eigenvalue weighted by Gasteiger charge is 2.18. The predicted octanol–water partition coefficient (Wildman–Crippen LogP) is 1.51. The summed E-state index contributed by atoms with van der Waals surface area (Å²) in [6.07, 6.45) is 0. The van der Waals surface area contributed by atoms with Crippen LogP contribution in [0.5, 0.6) is 0 Å². The summed E-state index contributed by atoms with van der Waals surface area (Å²) >= 11 is 3.97. The van der Waals surface area contributed by atoms with Crippen molar-refractivity contribution in [1.29, 1.82) is 0 Å². The molecule has 4 nitrogen and oxygen atoms in total. The van der Waals surface area contributed by atoms with E-state index in [-0.39, 0.29) is 17.3 Å². The van der Waals surface area contributed by atoms with Crippen molar-refractivity contribution in [1.82, 2.24) is 5.32 Å². The normalized spacial score (nSPS) is 11.8.